The summed E-state index contributed by atoms with van der Waals surface area (Å²) in [6.45, 7) is 12.8. The molecule has 0 aliphatic heterocycles. The summed E-state index contributed by atoms with van der Waals surface area (Å²) in [5.74, 6) is 2.50. The van der Waals surface area contributed by atoms with Gasteiger partial charge in [0.2, 0.25) is 0 Å². The number of carbonyl (C=O) groups excluding carboxylic acids is 1. The standard InChI is InChI=1S/C19H32O2Si/c1-17(2,3)22(4,5)21-12-19-11-18(19)9-8-14-15(18)10-13(19)6-7-16(14)20/h13-15H,6-12H2,1-5H3/t13-,14+,15+,18+,19+/m0/s1. The number of hydrogen-bond acceptors (Lipinski definition) is 2. The van der Waals surface area contributed by atoms with E-state index in [0.29, 0.717) is 27.6 Å². The maximum absolute atomic E-state index is 12.4. The number of Topliss-reactive ketones (excluding diaryl/α,β-unsaturated/α-hetero) is 1. The first-order chi connectivity index (χ1) is 10.1. The molecule has 0 radical (unpaired) electrons. The SMILES string of the molecule is CC(C)(C)[Si](C)(C)OC[C@@]12C[C@@]13CC[C@H]1C(=O)CC[C@H]2C[C@H]13. The van der Waals surface area contributed by atoms with E-state index in [1.165, 1.54) is 25.7 Å². The van der Waals surface area contributed by atoms with Crippen molar-refractivity contribution in [2.75, 3.05) is 6.61 Å². The van der Waals surface area contributed by atoms with E-state index in [9.17, 15) is 4.79 Å². The van der Waals surface area contributed by atoms with Gasteiger partial charge in [-0.25, -0.2) is 0 Å². The van der Waals surface area contributed by atoms with Gasteiger partial charge in [0.15, 0.2) is 8.32 Å². The number of rotatable bonds is 3. The van der Waals surface area contributed by atoms with Crippen molar-refractivity contribution in [3.8, 4) is 0 Å². The molecule has 0 unspecified atom stereocenters. The molecule has 22 heavy (non-hydrogen) atoms. The van der Waals surface area contributed by atoms with Gasteiger partial charge < -0.3 is 4.43 Å². The minimum atomic E-state index is -1.66. The van der Waals surface area contributed by atoms with Crippen LogP contribution in [0.5, 0.6) is 0 Å². The van der Waals surface area contributed by atoms with Gasteiger partial charge in [0, 0.05) is 24.4 Å². The highest BCUT2D eigenvalue weighted by Crippen LogP contribution is 2.85. The van der Waals surface area contributed by atoms with Gasteiger partial charge in [-0.3, -0.25) is 4.79 Å². The molecule has 4 aliphatic carbocycles. The van der Waals surface area contributed by atoms with Gasteiger partial charge in [0.25, 0.3) is 0 Å². The van der Waals surface area contributed by atoms with E-state index in [-0.39, 0.29) is 0 Å². The smallest absolute Gasteiger partial charge is 0.192 e. The molecule has 124 valence electrons. The Morgan fingerprint density at radius 3 is 2.68 bits per heavy atom. The van der Waals surface area contributed by atoms with Crippen LogP contribution in [0.25, 0.3) is 0 Å². The summed E-state index contributed by atoms with van der Waals surface area (Å²) < 4.78 is 6.70. The molecule has 0 aromatic heterocycles. The summed E-state index contributed by atoms with van der Waals surface area (Å²) in [6.07, 6.45) is 7.19. The molecule has 4 aliphatic rings. The summed E-state index contributed by atoms with van der Waals surface area (Å²) in [6, 6.07) is 0. The quantitative estimate of drug-likeness (QED) is 0.699. The molecule has 2 nitrogen and oxygen atoms in total. The third-order valence-electron chi connectivity index (χ3n) is 8.56. The van der Waals surface area contributed by atoms with Gasteiger partial charge in [-0.05, 0) is 67.5 Å². The van der Waals surface area contributed by atoms with E-state index < -0.39 is 8.32 Å². The lowest BCUT2D eigenvalue weighted by Gasteiger charge is -2.38. The van der Waals surface area contributed by atoms with Crippen molar-refractivity contribution in [1.82, 2.24) is 0 Å². The first-order valence-corrected chi connectivity index (χ1v) is 12.2. The first kappa shape index (κ1) is 15.4. The van der Waals surface area contributed by atoms with Crippen LogP contribution in [0.4, 0.5) is 0 Å². The van der Waals surface area contributed by atoms with Crippen molar-refractivity contribution >= 4 is 14.1 Å². The number of ketones is 1. The molecule has 0 aromatic carbocycles. The van der Waals surface area contributed by atoms with Crippen molar-refractivity contribution < 1.29 is 9.22 Å². The average molecular weight is 321 g/mol. The lowest BCUT2D eigenvalue weighted by Crippen LogP contribution is -2.43. The normalized spacial score (nSPS) is 46.6. The molecule has 0 N–H and O–H groups in total. The van der Waals surface area contributed by atoms with Gasteiger partial charge >= 0.3 is 0 Å². The van der Waals surface area contributed by atoms with Gasteiger partial charge in [-0.2, -0.15) is 0 Å². The molecule has 4 fully saturated rings. The Morgan fingerprint density at radius 2 is 2.00 bits per heavy atom. The van der Waals surface area contributed by atoms with Crippen molar-refractivity contribution in [2.24, 2.45) is 28.6 Å². The largest absolute Gasteiger partial charge is 0.416 e. The van der Waals surface area contributed by atoms with E-state index in [1.807, 2.05) is 0 Å². The van der Waals surface area contributed by atoms with Crippen LogP contribution in [0.15, 0.2) is 0 Å². The highest BCUT2D eigenvalue weighted by atomic mass is 28.4. The van der Waals surface area contributed by atoms with Gasteiger partial charge in [-0.1, -0.05) is 20.8 Å². The molecule has 0 heterocycles. The van der Waals surface area contributed by atoms with Crippen molar-refractivity contribution in [2.45, 2.75) is 77.4 Å². The molecular formula is C19H32O2Si. The van der Waals surface area contributed by atoms with Crippen molar-refractivity contribution in [1.29, 1.82) is 0 Å². The summed E-state index contributed by atoms with van der Waals surface area (Å²) in [4.78, 5) is 12.4. The Hall–Kier alpha value is -0.153. The molecule has 1 spiro atoms. The maximum Gasteiger partial charge on any atom is 0.192 e. The van der Waals surface area contributed by atoms with Gasteiger partial charge in [-0.15, -0.1) is 0 Å². The van der Waals surface area contributed by atoms with Crippen LogP contribution in [-0.4, -0.2) is 20.7 Å². The molecule has 5 atom stereocenters. The lowest BCUT2D eigenvalue weighted by atomic mass is 9.83. The Balaban J connectivity index is 1.56. The second kappa shape index (κ2) is 4.27. The van der Waals surface area contributed by atoms with Crippen LogP contribution in [-0.2, 0) is 9.22 Å². The third-order valence-corrected chi connectivity index (χ3v) is 13.0. The van der Waals surface area contributed by atoms with Crippen molar-refractivity contribution in [3.05, 3.63) is 0 Å². The lowest BCUT2D eigenvalue weighted by molar-refractivity contribution is -0.124. The average Bonchev–Trinajstić information content (AvgIpc) is 2.84. The highest BCUT2D eigenvalue weighted by molar-refractivity contribution is 6.74. The summed E-state index contributed by atoms with van der Waals surface area (Å²) in [5, 5.41) is 0.296. The number of fused-ring (bicyclic) bond motifs is 2. The molecule has 4 saturated carbocycles. The zero-order valence-corrected chi connectivity index (χ0v) is 16.0. The molecule has 0 amide bonds. The predicted octanol–water partition coefficient (Wildman–Crippen LogP) is 4.79. The molecule has 2 bridgehead atoms. The van der Waals surface area contributed by atoms with Gasteiger partial charge in [0.1, 0.15) is 5.78 Å². The van der Waals surface area contributed by atoms with E-state index in [0.717, 1.165) is 31.3 Å². The zero-order chi connectivity index (χ0) is 16.0. The van der Waals surface area contributed by atoms with E-state index in [2.05, 4.69) is 33.9 Å². The first-order valence-electron chi connectivity index (χ1n) is 9.30. The Bertz CT molecular complexity index is 520. The molecule has 0 saturated heterocycles. The zero-order valence-electron chi connectivity index (χ0n) is 15.0. The van der Waals surface area contributed by atoms with Crippen LogP contribution in [0.1, 0.15) is 59.3 Å². The van der Waals surface area contributed by atoms with Crippen LogP contribution in [0.2, 0.25) is 18.1 Å². The van der Waals surface area contributed by atoms with E-state index in [4.69, 9.17) is 4.43 Å². The molecule has 4 rings (SSSR count). The van der Waals surface area contributed by atoms with E-state index >= 15 is 0 Å². The van der Waals surface area contributed by atoms with Crippen LogP contribution in [0, 0.1) is 28.6 Å². The van der Waals surface area contributed by atoms with Crippen LogP contribution in [0.3, 0.4) is 0 Å². The highest BCUT2D eigenvalue weighted by Gasteiger charge is 2.80. The minimum Gasteiger partial charge on any atom is -0.416 e. The number of carbonyl (C=O) groups is 1. The fourth-order valence-electron chi connectivity index (χ4n) is 6.13. The second-order valence-electron chi connectivity index (χ2n) is 10.2. The monoisotopic (exact) mass is 320 g/mol. The Morgan fingerprint density at radius 1 is 1.27 bits per heavy atom. The van der Waals surface area contributed by atoms with Crippen LogP contribution >= 0.6 is 0 Å². The third kappa shape index (κ3) is 1.73. The molecule has 0 aromatic rings. The molecular weight excluding hydrogens is 288 g/mol. The Labute approximate surface area is 136 Å². The minimum absolute atomic E-state index is 0.296. The summed E-state index contributed by atoms with van der Waals surface area (Å²) in [7, 11) is -1.66. The summed E-state index contributed by atoms with van der Waals surface area (Å²) in [5.41, 5.74) is 0.976. The van der Waals surface area contributed by atoms with Gasteiger partial charge in [0.05, 0.1) is 0 Å². The van der Waals surface area contributed by atoms with E-state index in [1.54, 1.807) is 0 Å². The Kier molecular flexibility index (Phi) is 2.99. The number of hydrogen-bond donors (Lipinski definition) is 0. The second-order valence-corrected chi connectivity index (χ2v) is 15.0. The predicted molar refractivity (Wildman–Crippen MR) is 91.2 cm³/mol. The fourth-order valence-corrected chi connectivity index (χ4v) is 7.19. The van der Waals surface area contributed by atoms with Crippen molar-refractivity contribution in [3.63, 3.8) is 0 Å². The topological polar surface area (TPSA) is 26.3 Å². The van der Waals surface area contributed by atoms with Crippen LogP contribution < -0.4 is 0 Å². The fraction of sp³-hybridized carbons (Fsp3) is 0.947. The molecule has 3 heteroatoms. The summed E-state index contributed by atoms with van der Waals surface area (Å²) >= 11 is 0. The maximum atomic E-state index is 12.4.